The maximum atomic E-state index is 13.4. The molecule has 1 fully saturated rings. The predicted octanol–water partition coefficient (Wildman–Crippen LogP) is 3.85. The average molecular weight is 464 g/mol. The Labute approximate surface area is 196 Å². The minimum Gasteiger partial charge on any atom is -0.368 e. The van der Waals surface area contributed by atoms with E-state index in [0.717, 1.165) is 0 Å². The van der Waals surface area contributed by atoms with E-state index in [2.05, 4.69) is 36.9 Å². The van der Waals surface area contributed by atoms with Crippen molar-refractivity contribution in [1.82, 2.24) is 4.90 Å². The lowest BCUT2D eigenvalue weighted by Crippen LogP contribution is -2.52. The summed E-state index contributed by atoms with van der Waals surface area (Å²) in [5.41, 5.74) is 4.17. The van der Waals surface area contributed by atoms with Crippen molar-refractivity contribution in [2.75, 3.05) is 41.9 Å². The zero-order chi connectivity index (χ0) is 23.4. The monoisotopic (exact) mass is 463 g/mol. The van der Waals surface area contributed by atoms with Crippen molar-refractivity contribution in [1.29, 1.82) is 0 Å². The van der Waals surface area contributed by atoms with Gasteiger partial charge in [0, 0.05) is 31.9 Å². The molecule has 1 aliphatic heterocycles. The van der Waals surface area contributed by atoms with Crippen LogP contribution >= 0.6 is 0 Å². The van der Waals surface area contributed by atoms with Crippen LogP contribution < -0.4 is 9.21 Å². The number of amides is 1. The van der Waals surface area contributed by atoms with E-state index in [0.29, 0.717) is 31.9 Å². The molecule has 0 aliphatic carbocycles. The van der Waals surface area contributed by atoms with Crippen LogP contribution in [-0.4, -0.2) is 51.9 Å². The normalized spacial score (nSPS) is 14.2. The number of carbonyl (C=O) groups is 1. The minimum absolute atomic E-state index is 0.168. The highest BCUT2D eigenvalue weighted by Crippen LogP contribution is 2.25. The van der Waals surface area contributed by atoms with Gasteiger partial charge in [-0.1, -0.05) is 48.5 Å². The molecule has 1 saturated heterocycles. The average Bonchev–Trinajstić information content (AvgIpc) is 2.85. The lowest BCUT2D eigenvalue weighted by atomic mass is 10.1. The van der Waals surface area contributed by atoms with Gasteiger partial charge in [-0.3, -0.25) is 9.10 Å². The summed E-state index contributed by atoms with van der Waals surface area (Å²) >= 11 is 0. The van der Waals surface area contributed by atoms with Crippen LogP contribution in [0.2, 0.25) is 0 Å². The van der Waals surface area contributed by atoms with Crippen LogP contribution in [0.1, 0.15) is 11.1 Å². The maximum Gasteiger partial charge on any atom is 0.264 e. The van der Waals surface area contributed by atoms with Gasteiger partial charge in [0.2, 0.25) is 5.91 Å². The van der Waals surface area contributed by atoms with E-state index in [1.54, 1.807) is 59.5 Å². The molecule has 172 valence electrons. The second kappa shape index (κ2) is 9.67. The van der Waals surface area contributed by atoms with Crippen molar-refractivity contribution < 1.29 is 13.2 Å². The van der Waals surface area contributed by atoms with E-state index in [9.17, 15) is 13.2 Å². The molecule has 0 saturated carbocycles. The molecular formula is C26H29N3O3S. The summed E-state index contributed by atoms with van der Waals surface area (Å²) in [4.78, 5) is 17.4. The molecule has 1 aliphatic rings. The van der Waals surface area contributed by atoms with Gasteiger partial charge < -0.3 is 9.80 Å². The number of carbonyl (C=O) groups excluding carboxylic acids is 1. The van der Waals surface area contributed by atoms with Crippen LogP contribution in [0.3, 0.4) is 0 Å². The summed E-state index contributed by atoms with van der Waals surface area (Å²) in [6.45, 7) is 6.53. The fourth-order valence-corrected chi connectivity index (χ4v) is 5.56. The largest absolute Gasteiger partial charge is 0.368 e. The third-order valence-electron chi connectivity index (χ3n) is 6.20. The third-order valence-corrected chi connectivity index (χ3v) is 7.99. The van der Waals surface area contributed by atoms with Crippen LogP contribution in [0.25, 0.3) is 0 Å². The highest BCUT2D eigenvalue weighted by atomic mass is 32.2. The van der Waals surface area contributed by atoms with Gasteiger partial charge in [-0.2, -0.15) is 0 Å². The van der Waals surface area contributed by atoms with E-state index in [1.165, 1.54) is 21.1 Å². The molecule has 0 aromatic heterocycles. The number of piperazine rings is 1. The van der Waals surface area contributed by atoms with Crippen molar-refractivity contribution in [3.63, 3.8) is 0 Å². The van der Waals surface area contributed by atoms with Crippen LogP contribution in [0.5, 0.6) is 0 Å². The Morgan fingerprint density at radius 2 is 1.42 bits per heavy atom. The fraction of sp³-hybridized carbons (Fsp3) is 0.269. The summed E-state index contributed by atoms with van der Waals surface area (Å²) < 4.78 is 28.0. The number of rotatable bonds is 6. The lowest BCUT2D eigenvalue weighted by molar-refractivity contribution is -0.129. The summed E-state index contributed by atoms with van der Waals surface area (Å²) in [7, 11) is -3.88. The Balaban J connectivity index is 1.51. The fourth-order valence-electron chi connectivity index (χ4n) is 4.13. The summed E-state index contributed by atoms with van der Waals surface area (Å²) in [5.74, 6) is -0.195. The minimum atomic E-state index is -3.88. The molecule has 6 nitrogen and oxygen atoms in total. The summed E-state index contributed by atoms with van der Waals surface area (Å²) in [5, 5.41) is 0. The smallest absolute Gasteiger partial charge is 0.264 e. The molecule has 1 heterocycles. The quantitative estimate of drug-likeness (QED) is 0.557. The third kappa shape index (κ3) is 4.88. The molecule has 0 atom stereocenters. The Kier molecular flexibility index (Phi) is 6.70. The van der Waals surface area contributed by atoms with Crippen molar-refractivity contribution in [3.05, 3.63) is 90.0 Å². The van der Waals surface area contributed by atoms with Gasteiger partial charge in [-0.05, 0) is 55.3 Å². The van der Waals surface area contributed by atoms with Gasteiger partial charge in [0.05, 0.1) is 10.6 Å². The van der Waals surface area contributed by atoms with E-state index < -0.39 is 10.0 Å². The molecule has 1 amide bonds. The summed E-state index contributed by atoms with van der Waals surface area (Å²) in [6, 6.07) is 23.3. The molecule has 0 bridgehead atoms. The van der Waals surface area contributed by atoms with Gasteiger partial charge in [0.1, 0.15) is 6.54 Å². The van der Waals surface area contributed by atoms with Gasteiger partial charge in [-0.15, -0.1) is 0 Å². The second-order valence-corrected chi connectivity index (χ2v) is 10.1. The van der Waals surface area contributed by atoms with Crippen LogP contribution in [0.4, 0.5) is 11.4 Å². The SMILES string of the molecule is Cc1cccc(N2CCN(C(=O)CN(c3ccccc3)S(=O)(=O)c3ccccc3)CC2)c1C. The first-order valence-corrected chi connectivity index (χ1v) is 12.5. The number of sulfonamides is 1. The molecule has 0 spiro atoms. The van der Waals surface area contributed by atoms with Crippen molar-refractivity contribution in [2.45, 2.75) is 18.7 Å². The van der Waals surface area contributed by atoms with Gasteiger partial charge in [-0.25, -0.2) is 8.42 Å². The highest BCUT2D eigenvalue weighted by Gasteiger charge is 2.30. The zero-order valence-corrected chi connectivity index (χ0v) is 19.8. The Bertz CT molecular complexity index is 1210. The molecule has 3 aromatic rings. The van der Waals surface area contributed by atoms with Gasteiger partial charge in [0.15, 0.2) is 0 Å². The lowest BCUT2D eigenvalue weighted by Gasteiger charge is -2.38. The molecule has 7 heteroatoms. The van der Waals surface area contributed by atoms with Crippen molar-refractivity contribution in [3.8, 4) is 0 Å². The number of aryl methyl sites for hydroxylation is 1. The van der Waals surface area contributed by atoms with Crippen LogP contribution in [-0.2, 0) is 14.8 Å². The number of nitrogens with zero attached hydrogens (tertiary/aromatic N) is 3. The molecule has 0 radical (unpaired) electrons. The maximum absolute atomic E-state index is 13.4. The van der Waals surface area contributed by atoms with E-state index in [-0.39, 0.29) is 17.3 Å². The van der Waals surface area contributed by atoms with Gasteiger partial charge >= 0.3 is 0 Å². The number of hydrogen-bond acceptors (Lipinski definition) is 4. The molecule has 0 unspecified atom stereocenters. The number of benzene rings is 3. The predicted molar refractivity (Wildman–Crippen MR) is 132 cm³/mol. The number of hydrogen-bond donors (Lipinski definition) is 0. The summed E-state index contributed by atoms with van der Waals surface area (Å²) in [6.07, 6.45) is 0. The zero-order valence-electron chi connectivity index (χ0n) is 19.0. The Morgan fingerprint density at radius 1 is 0.818 bits per heavy atom. The number of para-hydroxylation sites is 1. The van der Waals surface area contributed by atoms with Crippen molar-refractivity contribution >= 4 is 27.3 Å². The molecular weight excluding hydrogens is 434 g/mol. The van der Waals surface area contributed by atoms with Crippen LogP contribution in [0, 0.1) is 13.8 Å². The Morgan fingerprint density at radius 3 is 2.06 bits per heavy atom. The Hall–Kier alpha value is -3.32. The first-order chi connectivity index (χ1) is 15.9. The first-order valence-electron chi connectivity index (χ1n) is 11.1. The number of anilines is 2. The van der Waals surface area contributed by atoms with E-state index in [4.69, 9.17) is 0 Å². The molecule has 4 rings (SSSR count). The van der Waals surface area contributed by atoms with E-state index >= 15 is 0 Å². The molecule has 3 aromatic carbocycles. The van der Waals surface area contributed by atoms with E-state index in [1.807, 2.05) is 6.07 Å². The van der Waals surface area contributed by atoms with Crippen LogP contribution in [0.15, 0.2) is 83.8 Å². The highest BCUT2D eigenvalue weighted by molar-refractivity contribution is 7.92. The first kappa shape index (κ1) is 22.9. The topological polar surface area (TPSA) is 60.9 Å². The molecule has 33 heavy (non-hydrogen) atoms. The van der Waals surface area contributed by atoms with Crippen molar-refractivity contribution in [2.24, 2.45) is 0 Å². The van der Waals surface area contributed by atoms with Gasteiger partial charge in [0.25, 0.3) is 10.0 Å². The molecule has 0 N–H and O–H groups in total. The standard InChI is InChI=1S/C26H29N3O3S/c1-21-10-9-15-25(22(21)2)27-16-18-28(19-17-27)26(30)20-29(23-11-5-3-6-12-23)33(31,32)24-13-7-4-8-14-24/h3-15H,16-20H2,1-2H3. The second-order valence-electron chi connectivity index (χ2n) is 8.25.